The molecule has 0 aromatic heterocycles. The summed E-state index contributed by atoms with van der Waals surface area (Å²) in [5.41, 5.74) is 5.49. The lowest BCUT2D eigenvalue weighted by Gasteiger charge is -2.40. The Labute approximate surface area is 112 Å². The molecule has 0 saturated heterocycles. The van der Waals surface area contributed by atoms with Crippen LogP contribution in [0.15, 0.2) is 0 Å². The first-order valence-corrected chi connectivity index (χ1v) is 7.38. The maximum absolute atomic E-state index is 12.6. The Morgan fingerprint density at radius 3 is 2.39 bits per heavy atom. The van der Waals surface area contributed by atoms with Gasteiger partial charge in [0.25, 0.3) is 0 Å². The van der Waals surface area contributed by atoms with Crippen LogP contribution in [0.1, 0.15) is 66.2 Å². The highest BCUT2D eigenvalue weighted by Gasteiger charge is 2.41. The maximum Gasteiger partial charge on any atom is 0.227 e. The van der Waals surface area contributed by atoms with E-state index in [-0.39, 0.29) is 16.9 Å². The van der Waals surface area contributed by atoms with Gasteiger partial charge in [0.15, 0.2) is 0 Å². The molecule has 1 saturated carbocycles. The third-order valence-corrected chi connectivity index (χ3v) is 4.43. The van der Waals surface area contributed by atoms with Crippen molar-refractivity contribution < 1.29 is 4.79 Å². The van der Waals surface area contributed by atoms with Crippen molar-refractivity contribution in [2.75, 3.05) is 6.54 Å². The van der Waals surface area contributed by atoms with Gasteiger partial charge in [-0.25, -0.2) is 0 Å². The van der Waals surface area contributed by atoms with Crippen molar-refractivity contribution in [1.82, 2.24) is 5.32 Å². The highest BCUT2D eigenvalue weighted by molar-refractivity contribution is 5.83. The summed E-state index contributed by atoms with van der Waals surface area (Å²) >= 11 is 0. The number of nitrogens with one attached hydrogen (secondary N) is 1. The van der Waals surface area contributed by atoms with Crippen LogP contribution < -0.4 is 11.1 Å². The van der Waals surface area contributed by atoms with Crippen LogP contribution in [-0.2, 0) is 4.79 Å². The van der Waals surface area contributed by atoms with Gasteiger partial charge in [0.2, 0.25) is 5.91 Å². The van der Waals surface area contributed by atoms with Crippen molar-refractivity contribution in [3.05, 3.63) is 0 Å². The van der Waals surface area contributed by atoms with Gasteiger partial charge in [-0.2, -0.15) is 0 Å². The van der Waals surface area contributed by atoms with E-state index in [0.29, 0.717) is 6.54 Å². The Morgan fingerprint density at radius 2 is 1.94 bits per heavy atom. The average Bonchev–Trinajstić information content (AvgIpc) is 2.29. The first-order chi connectivity index (χ1) is 8.35. The van der Waals surface area contributed by atoms with E-state index in [4.69, 9.17) is 5.73 Å². The molecule has 1 fully saturated rings. The molecule has 106 valence electrons. The fourth-order valence-corrected chi connectivity index (χ4v) is 2.97. The van der Waals surface area contributed by atoms with Crippen LogP contribution in [0.4, 0.5) is 0 Å². The lowest BCUT2D eigenvalue weighted by atomic mass is 9.70. The van der Waals surface area contributed by atoms with Gasteiger partial charge in [0.1, 0.15) is 0 Å². The molecule has 0 unspecified atom stereocenters. The second-order valence-corrected chi connectivity index (χ2v) is 6.75. The maximum atomic E-state index is 12.6. The Bertz CT molecular complexity index is 278. The minimum Gasteiger partial charge on any atom is -0.351 e. The quantitative estimate of drug-likeness (QED) is 0.792. The number of rotatable bonds is 5. The smallest absolute Gasteiger partial charge is 0.227 e. The molecule has 18 heavy (non-hydrogen) atoms. The van der Waals surface area contributed by atoms with Gasteiger partial charge in [0.05, 0.1) is 5.41 Å². The Hall–Kier alpha value is -0.570. The standard InChI is InChI=1S/C15H30N2O/c1-5-8-14(3,4)17-13(18)15(11-16)9-6-12(2)7-10-15/h12H,5-11,16H2,1-4H3,(H,17,18). The van der Waals surface area contributed by atoms with Gasteiger partial charge < -0.3 is 11.1 Å². The summed E-state index contributed by atoms with van der Waals surface area (Å²) < 4.78 is 0. The van der Waals surface area contributed by atoms with Crippen molar-refractivity contribution in [3.8, 4) is 0 Å². The van der Waals surface area contributed by atoms with Crippen LogP contribution in [-0.4, -0.2) is 18.0 Å². The van der Waals surface area contributed by atoms with Crippen LogP contribution >= 0.6 is 0 Å². The number of hydrogen-bond acceptors (Lipinski definition) is 2. The molecule has 1 aliphatic rings. The lowest BCUT2D eigenvalue weighted by molar-refractivity contribution is -0.134. The molecule has 1 amide bonds. The van der Waals surface area contributed by atoms with Crippen molar-refractivity contribution in [1.29, 1.82) is 0 Å². The topological polar surface area (TPSA) is 55.1 Å². The third-order valence-electron chi connectivity index (χ3n) is 4.43. The normalized spacial score (nSPS) is 29.1. The first kappa shape index (κ1) is 15.5. The molecule has 0 spiro atoms. The van der Waals surface area contributed by atoms with E-state index in [2.05, 4.69) is 33.0 Å². The summed E-state index contributed by atoms with van der Waals surface area (Å²) in [6.07, 6.45) is 6.23. The predicted molar refractivity (Wildman–Crippen MR) is 76.2 cm³/mol. The molecule has 3 nitrogen and oxygen atoms in total. The fraction of sp³-hybridized carbons (Fsp3) is 0.933. The molecule has 0 bridgehead atoms. The second-order valence-electron chi connectivity index (χ2n) is 6.75. The summed E-state index contributed by atoms with van der Waals surface area (Å²) in [6.45, 7) is 9.09. The van der Waals surface area contributed by atoms with Crippen molar-refractivity contribution in [2.45, 2.75) is 71.8 Å². The molecule has 1 rings (SSSR count). The van der Waals surface area contributed by atoms with E-state index in [9.17, 15) is 4.79 Å². The third kappa shape index (κ3) is 3.71. The Morgan fingerprint density at radius 1 is 1.39 bits per heavy atom. The van der Waals surface area contributed by atoms with Gasteiger partial charge in [-0.3, -0.25) is 4.79 Å². The van der Waals surface area contributed by atoms with Crippen molar-refractivity contribution >= 4 is 5.91 Å². The zero-order chi connectivity index (χ0) is 13.8. The number of amides is 1. The lowest BCUT2D eigenvalue weighted by Crippen LogP contribution is -2.54. The van der Waals surface area contributed by atoms with Gasteiger partial charge in [-0.15, -0.1) is 0 Å². The summed E-state index contributed by atoms with van der Waals surface area (Å²) in [5.74, 6) is 0.913. The highest BCUT2D eigenvalue weighted by Crippen LogP contribution is 2.38. The van der Waals surface area contributed by atoms with E-state index < -0.39 is 0 Å². The summed E-state index contributed by atoms with van der Waals surface area (Å²) in [5, 5.41) is 3.21. The fourth-order valence-electron chi connectivity index (χ4n) is 2.97. The molecule has 0 heterocycles. The van der Waals surface area contributed by atoms with Crippen LogP contribution in [0.25, 0.3) is 0 Å². The Kier molecular flexibility index (Phi) is 5.20. The molecule has 0 aliphatic heterocycles. The van der Waals surface area contributed by atoms with E-state index in [1.165, 1.54) is 0 Å². The van der Waals surface area contributed by atoms with Crippen LogP contribution in [0.2, 0.25) is 0 Å². The largest absolute Gasteiger partial charge is 0.351 e. The molecule has 0 radical (unpaired) electrons. The highest BCUT2D eigenvalue weighted by atomic mass is 16.2. The Balaban J connectivity index is 2.68. The van der Waals surface area contributed by atoms with E-state index in [0.717, 1.165) is 44.4 Å². The number of carbonyl (C=O) groups is 1. The zero-order valence-electron chi connectivity index (χ0n) is 12.5. The molecular weight excluding hydrogens is 224 g/mol. The molecule has 0 atom stereocenters. The van der Waals surface area contributed by atoms with Crippen molar-refractivity contribution in [2.24, 2.45) is 17.1 Å². The monoisotopic (exact) mass is 254 g/mol. The first-order valence-electron chi connectivity index (χ1n) is 7.38. The zero-order valence-corrected chi connectivity index (χ0v) is 12.5. The van der Waals surface area contributed by atoms with Crippen LogP contribution in [0.3, 0.4) is 0 Å². The molecular formula is C15H30N2O. The van der Waals surface area contributed by atoms with Crippen LogP contribution in [0, 0.1) is 11.3 Å². The molecule has 0 aromatic carbocycles. The van der Waals surface area contributed by atoms with Crippen molar-refractivity contribution in [3.63, 3.8) is 0 Å². The number of nitrogens with two attached hydrogens (primary N) is 1. The number of hydrogen-bond donors (Lipinski definition) is 2. The van der Waals surface area contributed by atoms with Gasteiger partial charge in [-0.05, 0) is 51.9 Å². The average molecular weight is 254 g/mol. The van der Waals surface area contributed by atoms with Gasteiger partial charge in [0, 0.05) is 12.1 Å². The van der Waals surface area contributed by atoms with Gasteiger partial charge >= 0.3 is 0 Å². The molecule has 3 N–H and O–H groups in total. The van der Waals surface area contributed by atoms with Crippen LogP contribution in [0.5, 0.6) is 0 Å². The minimum absolute atomic E-state index is 0.114. The predicted octanol–water partition coefficient (Wildman–Crippen LogP) is 2.84. The van der Waals surface area contributed by atoms with E-state index in [1.807, 2.05) is 0 Å². The van der Waals surface area contributed by atoms with E-state index >= 15 is 0 Å². The SMILES string of the molecule is CCCC(C)(C)NC(=O)C1(CN)CCC(C)CC1. The summed E-state index contributed by atoms with van der Waals surface area (Å²) in [6, 6.07) is 0. The van der Waals surface area contributed by atoms with Gasteiger partial charge in [-0.1, -0.05) is 20.3 Å². The van der Waals surface area contributed by atoms with E-state index in [1.54, 1.807) is 0 Å². The minimum atomic E-state index is -0.308. The second kappa shape index (κ2) is 6.05. The number of carbonyl (C=O) groups excluding carboxylic acids is 1. The summed E-state index contributed by atoms with van der Waals surface area (Å²) in [7, 11) is 0. The molecule has 0 aromatic rings. The summed E-state index contributed by atoms with van der Waals surface area (Å²) in [4.78, 5) is 12.6. The molecule has 1 aliphatic carbocycles. The molecule has 3 heteroatoms.